The minimum absolute atomic E-state index is 0.0388. The van der Waals surface area contributed by atoms with Gasteiger partial charge in [-0.05, 0) is 68.0 Å². The van der Waals surface area contributed by atoms with E-state index in [2.05, 4.69) is 31.4 Å². The Labute approximate surface area is 222 Å². The largest absolute Gasteiger partial charge is 0.460 e. The number of nitrogens with one attached hydrogen (secondary N) is 2. The summed E-state index contributed by atoms with van der Waals surface area (Å²) in [5.41, 5.74) is 2.32. The molecular formula is C32H34F2N2O2. The van der Waals surface area contributed by atoms with Gasteiger partial charge in [0.25, 0.3) is 0 Å². The fourth-order valence-electron chi connectivity index (χ4n) is 5.62. The van der Waals surface area contributed by atoms with Crippen molar-refractivity contribution in [3.05, 3.63) is 117 Å². The standard InChI is InChI=1S/C32H34F2N2O2/c1-20(18-32(35-19-31(3,4)36-32)23-11-10-21(2)27(34)16-23)14-28-26(15-22-8-6-5-7-9-22)30(37)25-13-12-24(33)17-29(25)38-28/h5-13,16-17,20,35-36H,14-15,18-19H2,1-4H3. The number of benzene rings is 3. The fourth-order valence-corrected chi connectivity index (χ4v) is 5.62. The topological polar surface area (TPSA) is 54.3 Å². The zero-order valence-electron chi connectivity index (χ0n) is 22.3. The highest BCUT2D eigenvalue weighted by Gasteiger charge is 2.44. The molecule has 2 unspecified atom stereocenters. The van der Waals surface area contributed by atoms with Crippen molar-refractivity contribution in [3.63, 3.8) is 0 Å². The smallest absolute Gasteiger partial charge is 0.196 e. The third kappa shape index (κ3) is 5.29. The number of hydrogen-bond acceptors (Lipinski definition) is 4. The van der Waals surface area contributed by atoms with Crippen LogP contribution >= 0.6 is 0 Å². The van der Waals surface area contributed by atoms with Crippen LogP contribution in [0.3, 0.4) is 0 Å². The Morgan fingerprint density at radius 3 is 2.47 bits per heavy atom. The van der Waals surface area contributed by atoms with Gasteiger partial charge in [-0.2, -0.15) is 0 Å². The van der Waals surface area contributed by atoms with E-state index in [0.717, 1.165) is 17.7 Å². The summed E-state index contributed by atoms with van der Waals surface area (Å²) in [6.07, 6.45) is 1.54. The Kier molecular flexibility index (Phi) is 6.97. The normalized spacial score (nSPS) is 19.6. The highest BCUT2D eigenvalue weighted by atomic mass is 19.1. The quantitative estimate of drug-likeness (QED) is 0.300. The lowest BCUT2D eigenvalue weighted by Gasteiger charge is -2.35. The van der Waals surface area contributed by atoms with Gasteiger partial charge < -0.3 is 4.42 Å². The first kappa shape index (κ1) is 26.3. The second-order valence-corrected chi connectivity index (χ2v) is 11.4. The lowest BCUT2D eigenvalue weighted by atomic mass is 9.86. The molecule has 0 radical (unpaired) electrons. The molecule has 5 rings (SSSR count). The van der Waals surface area contributed by atoms with Gasteiger partial charge in [0.1, 0.15) is 23.0 Å². The number of aryl methyl sites for hydroxylation is 1. The molecule has 4 aromatic rings. The summed E-state index contributed by atoms with van der Waals surface area (Å²) in [7, 11) is 0. The van der Waals surface area contributed by atoms with E-state index in [1.54, 1.807) is 19.1 Å². The van der Waals surface area contributed by atoms with E-state index in [4.69, 9.17) is 4.42 Å². The Bertz CT molecular complexity index is 1530. The Hall–Kier alpha value is -3.35. The lowest BCUT2D eigenvalue weighted by molar-refractivity contribution is 0.238. The predicted octanol–water partition coefficient (Wildman–Crippen LogP) is 6.36. The molecule has 0 spiro atoms. The van der Waals surface area contributed by atoms with E-state index in [1.807, 2.05) is 36.4 Å². The van der Waals surface area contributed by atoms with Crippen LogP contribution in [0.1, 0.15) is 55.2 Å². The van der Waals surface area contributed by atoms with Gasteiger partial charge in [-0.3, -0.25) is 15.4 Å². The molecule has 1 aliphatic rings. The zero-order valence-corrected chi connectivity index (χ0v) is 22.3. The van der Waals surface area contributed by atoms with Crippen LogP contribution in [0, 0.1) is 24.5 Å². The molecule has 0 aliphatic carbocycles. The Morgan fingerprint density at radius 1 is 1.03 bits per heavy atom. The SMILES string of the molecule is Cc1ccc(C2(CC(C)Cc3oc4cc(F)ccc4c(=O)c3Cc3ccccc3)NCC(C)(C)N2)cc1F. The molecular weight excluding hydrogens is 482 g/mol. The van der Waals surface area contributed by atoms with Gasteiger partial charge in [0.15, 0.2) is 5.43 Å². The first-order valence-electron chi connectivity index (χ1n) is 13.1. The molecule has 1 aromatic heterocycles. The van der Waals surface area contributed by atoms with Crippen molar-refractivity contribution in [1.82, 2.24) is 10.6 Å². The van der Waals surface area contributed by atoms with Gasteiger partial charge in [0, 0.05) is 36.6 Å². The summed E-state index contributed by atoms with van der Waals surface area (Å²) < 4.78 is 34.9. The van der Waals surface area contributed by atoms with Crippen LogP contribution in [0.5, 0.6) is 0 Å². The minimum atomic E-state index is -0.639. The lowest BCUT2D eigenvalue weighted by Crippen LogP contribution is -2.50. The maximum absolute atomic E-state index is 14.6. The number of fused-ring (bicyclic) bond motifs is 1. The third-order valence-corrected chi connectivity index (χ3v) is 7.49. The van der Waals surface area contributed by atoms with Crippen LogP contribution in [0.4, 0.5) is 8.78 Å². The van der Waals surface area contributed by atoms with Gasteiger partial charge in [0.05, 0.1) is 11.0 Å². The number of rotatable bonds is 7. The van der Waals surface area contributed by atoms with Crippen molar-refractivity contribution in [2.24, 2.45) is 5.92 Å². The van der Waals surface area contributed by atoms with Crippen molar-refractivity contribution in [2.45, 2.75) is 58.2 Å². The van der Waals surface area contributed by atoms with Gasteiger partial charge >= 0.3 is 0 Å². The maximum Gasteiger partial charge on any atom is 0.196 e. The van der Waals surface area contributed by atoms with E-state index >= 15 is 0 Å². The first-order valence-corrected chi connectivity index (χ1v) is 13.1. The van der Waals surface area contributed by atoms with E-state index < -0.39 is 11.5 Å². The molecule has 0 amide bonds. The molecule has 6 heteroatoms. The fraction of sp³-hybridized carbons (Fsp3) is 0.344. The molecule has 2 heterocycles. The Morgan fingerprint density at radius 2 is 1.79 bits per heavy atom. The van der Waals surface area contributed by atoms with Crippen LogP contribution in [0.2, 0.25) is 0 Å². The summed E-state index contributed by atoms with van der Waals surface area (Å²) in [6.45, 7) is 8.81. The molecule has 2 N–H and O–H groups in total. The molecule has 1 fully saturated rings. The van der Waals surface area contributed by atoms with Crippen molar-refractivity contribution in [2.75, 3.05) is 6.54 Å². The van der Waals surface area contributed by atoms with Gasteiger partial charge in [-0.25, -0.2) is 8.78 Å². The van der Waals surface area contributed by atoms with Crippen molar-refractivity contribution < 1.29 is 13.2 Å². The molecule has 1 aliphatic heterocycles. The molecule has 2 atom stereocenters. The Balaban J connectivity index is 1.52. The second-order valence-electron chi connectivity index (χ2n) is 11.4. The van der Waals surface area contributed by atoms with E-state index in [9.17, 15) is 13.6 Å². The molecule has 1 saturated heterocycles. The van der Waals surface area contributed by atoms with Crippen molar-refractivity contribution in [1.29, 1.82) is 0 Å². The van der Waals surface area contributed by atoms with E-state index in [1.165, 1.54) is 18.2 Å². The molecule has 0 bridgehead atoms. The summed E-state index contributed by atoms with van der Waals surface area (Å²) in [5, 5.41) is 7.71. The van der Waals surface area contributed by atoms with E-state index in [-0.39, 0.29) is 28.3 Å². The predicted molar refractivity (Wildman–Crippen MR) is 147 cm³/mol. The van der Waals surface area contributed by atoms with Gasteiger partial charge in [-0.15, -0.1) is 0 Å². The van der Waals surface area contributed by atoms with Crippen LogP contribution in [0.15, 0.2) is 75.9 Å². The third-order valence-electron chi connectivity index (χ3n) is 7.49. The molecule has 38 heavy (non-hydrogen) atoms. The summed E-state index contributed by atoms with van der Waals surface area (Å²) in [6, 6.07) is 19.2. The molecule has 3 aromatic carbocycles. The zero-order chi connectivity index (χ0) is 27.1. The maximum atomic E-state index is 14.6. The first-order chi connectivity index (χ1) is 18.1. The average Bonchev–Trinajstić information content (AvgIpc) is 3.18. The molecule has 198 valence electrons. The van der Waals surface area contributed by atoms with Crippen LogP contribution in [0.25, 0.3) is 11.0 Å². The second kappa shape index (κ2) is 10.1. The molecule has 0 saturated carbocycles. The monoisotopic (exact) mass is 516 g/mol. The van der Waals surface area contributed by atoms with Gasteiger partial charge in [-0.1, -0.05) is 49.4 Å². The number of halogens is 2. The number of hydrogen-bond donors (Lipinski definition) is 2. The summed E-state index contributed by atoms with van der Waals surface area (Å²) >= 11 is 0. The highest BCUT2D eigenvalue weighted by Crippen LogP contribution is 2.35. The van der Waals surface area contributed by atoms with Crippen LogP contribution in [-0.2, 0) is 18.5 Å². The minimum Gasteiger partial charge on any atom is -0.460 e. The molecule has 4 nitrogen and oxygen atoms in total. The average molecular weight is 517 g/mol. The van der Waals surface area contributed by atoms with Crippen molar-refractivity contribution >= 4 is 11.0 Å². The van der Waals surface area contributed by atoms with Crippen LogP contribution < -0.4 is 16.1 Å². The summed E-state index contributed by atoms with van der Waals surface area (Å²) in [4.78, 5) is 13.6. The van der Waals surface area contributed by atoms with E-state index in [0.29, 0.717) is 41.5 Å². The van der Waals surface area contributed by atoms with Crippen LogP contribution in [-0.4, -0.2) is 12.1 Å². The highest BCUT2D eigenvalue weighted by molar-refractivity contribution is 5.77. The van der Waals surface area contributed by atoms with Crippen molar-refractivity contribution in [3.8, 4) is 0 Å². The van der Waals surface area contributed by atoms with Gasteiger partial charge in [0.2, 0.25) is 0 Å². The summed E-state index contributed by atoms with van der Waals surface area (Å²) in [5.74, 6) is -0.0863.